The number of nitrogens with zero attached hydrogens (tertiary/aromatic N) is 2. The van der Waals surface area contributed by atoms with Crippen LogP contribution in [0.2, 0.25) is 0 Å². The summed E-state index contributed by atoms with van der Waals surface area (Å²) in [4.78, 5) is 16.3. The maximum Gasteiger partial charge on any atom is 0.317 e. The molecule has 0 aromatic heterocycles. The fourth-order valence-electron chi connectivity index (χ4n) is 0.985. The van der Waals surface area contributed by atoms with Crippen molar-refractivity contribution in [3.8, 4) is 0 Å². The molecule has 1 saturated heterocycles. The third kappa shape index (κ3) is 1.42. The molecule has 1 aliphatic heterocycles. The van der Waals surface area contributed by atoms with Gasteiger partial charge in [0.05, 0.1) is 0 Å². The van der Waals surface area contributed by atoms with Crippen LogP contribution in [0.15, 0.2) is 4.99 Å². The number of hydrogen-bond acceptors (Lipinski definition) is 2. The summed E-state index contributed by atoms with van der Waals surface area (Å²) in [5, 5.41) is 2.69. The molecule has 62 valence electrons. The molecule has 3 N–H and O–H groups in total. The third-order valence-electron chi connectivity index (χ3n) is 1.72. The van der Waals surface area contributed by atoms with Gasteiger partial charge in [-0.2, -0.15) is 0 Å². The lowest BCUT2D eigenvalue weighted by molar-refractivity contribution is 0.226. The van der Waals surface area contributed by atoms with Crippen molar-refractivity contribution in [2.45, 2.75) is 6.04 Å². The van der Waals surface area contributed by atoms with E-state index in [9.17, 15) is 4.79 Å². The number of nitrogens with one attached hydrogen (secondary N) is 1. The number of carbonyl (C=O) groups is 1. The van der Waals surface area contributed by atoms with Crippen LogP contribution in [0, 0.1) is 0 Å². The lowest BCUT2D eigenvalue weighted by Crippen LogP contribution is -2.39. The van der Waals surface area contributed by atoms with E-state index in [0.717, 1.165) is 0 Å². The zero-order valence-corrected chi connectivity index (χ0v) is 6.66. The Morgan fingerprint density at radius 2 is 2.55 bits per heavy atom. The van der Waals surface area contributed by atoms with E-state index < -0.39 is 0 Å². The van der Waals surface area contributed by atoms with Crippen molar-refractivity contribution in [1.29, 1.82) is 0 Å². The van der Waals surface area contributed by atoms with Gasteiger partial charge in [0.1, 0.15) is 11.9 Å². The third-order valence-corrected chi connectivity index (χ3v) is 1.72. The van der Waals surface area contributed by atoms with Gasteiger partial charge in [-0.05, 0) is 0 Å². The maximum absolute atomic E-state index is 10.9. The average Bonchev–Trinajstić information content (AvgIpc) is 2.31. The summed E-state index contributed by atoms with van der Waals surface area (Å²) in [7, 11) is 3.33. The molecule has 11 heavy (non-hydrogen) atoms. The van der Waals surface area contributed by atoms with E-state index in [4.69, 9.17) is 5.73 Å². The minimum absolute atomic E-state index is 0.0957. The van der Waals surface area contributed by atoms with Gasteiger partial charge in [0, 0.05) is 20.6 Å². The van der Waals surface area contributed by atoms with Crippen LogP contribution in [0.5, 0.6) is 0 Å². The Bertz CT molecular complexity index is 201. The van der Waals surface area contributed by atoms with Crippen molar-refractivity contribution < 1.29 is 4.79 Å². The summed E-state index contributed by atoms with van der Waals surface area (Å²) in [6.45, 7) is 0.599. The minimum Gasteiger partial charge on any atom is -0.386 e. The van der Waals surface area contributed by atoms with Crippen molar-refractivity contribution >= 4 is 11.9 Å². The maximum atomic E-state index is 10.9. The lowest BCUT2D eigenvalue weighted by Gasteiger charge is -2.06. The quantitative estimate of drug-likeness (QED) is 0.377. The lowest BCUT2D eigenvalue weighted by atomic mass is 10.3. The second kappa shape index (κ2) is 2.77. The van der Waals surface area contributed by atoms with Crippen LogP contribution in [0.4, 0.5) is 4.79 Å². The SMILES string of the molecule is CN=C(N)[C@H]1CN(C)C(=O)N1. The molecular formula is C6H12N4O. The highest BCUT2D eigenvalue weighted by Gasteiger charge is 2.27. The number of amidine groups is 1. The van der Waals surface area contributed by atoms with E-state index in [1.165, 1.54) is 0 Å². The first-order valence-corrected chi connectivity index (χ1v) is 3.39. The molecule has 5 nitrogen and oxygen atoms in total. The predicted molar refractivity (Wildman–Crippen MR) is 42.5 cm³/mol. The molecule has 0 aromatic carbocycles. The smallest absolute Gasteiger partial charge is 0.317 e. The van der Waals surface area contributed by atoms with E-state index >= 15 is 0 Å². The van der Waals surface area contributed by atoms with Gasteiger partial charge >= 0.3 is 6.03 Å². The van der Waals surface area contributed by atoms with Crippen LogP contribution in [0.25, 0.3) is 0 Å². The monoisotopic (exact) mass is 156 g/mol. The van der Waals surface area contributed by atoms with Crippen molar-refractivity contribution in [3.05, 3.63) is 0 Å². The van der Waals surface area contributed by atoms with E-state index in [-0.39, 0.29) is 12.1 Å². The van der Waals surface area contributed by atoms with Crippen molar-refractivity contribution in [1.82, 2.24) is 10.2 Å². The van der Waals surface area contributed by atoms with Crippen LogP contribution in [-0.4, -0.2) is 43.4 Å². The molecule has 0 bridgehead atoms. The normalized spacial score (nSPS) is 25.6. The van der Waals surface area contributed by atoms with Gasteiger partial charge < -0.3 is 16.0 Å². The Labute approximate surface area is 65.3 Å². The van der Waals surface area contributed by atoms with Crippen molar-refractivity contribution in [3.63, 3.8) is 0 Å². The standard InChI is InChI=1S/C6H12N4O/c1-8-5(7)4-3-10(2)6(11)9-4/h4H,3H2,1-2H3,(H2,7,8)(H,9,11)/t4-/m1/s1. The molecule has 1 heterocycles. The largest absolute Gasteiger partial charge is 0.386 e. The molecule has 1 fully saturated rings. The van der Waals surface area contributed by atoms with Gasteiger partial charge in [-0.15, -0.1) is 0 Å². The second-order valence-electron chi connectivity index (χ2n) is 2.53. The van der Waals surface area contributed by atoms with Gasteiger partial charge in [-0.3, -0.25) is 4.99 Å². The summed E-state index contributed by atoms with van der Waals surface area (Å²) in [5.41, 5.74) is 5.51. The first-order chi connectivity index (χ1) is 5.15. The molecule has 1 rings (SSSR count). The number of amides is 2. The Balaban J connectivity index is 2.60. The van der Waals surface area contributed by atoms with Crippen LogP contribution in [0.1, 0.15) is 0 Å². The molecular weight excluding hydrogens is 144 g/mol. The molecule has 0 aromatic rings. The number of nitrogens with two attached hydrogens (primary N) is 1. The van der Waals surface area contributed by atoms with Gasteiger partial charge in [0.2, 0.25) is 0 Å². The highest BCUT2D eigenvalue weighted by Crippen LogP contribution is 1.99. The zero-order valence-electron chi connectivity index (χ0n) is 6.66. The number of carbonyl (C=O) groups excluding carboxylic acids is 1. The fraction of sp³-hybridized carbons (Fsp3) is 0.667. The molecule has 0 unspecified atom stereocenters. The van der Waals surface area contributed by atoms with Crippen molar-refractivity contribution in [2.75, 3.05) is 20.6 Å². The van der Waals surface area contributed by atoms with Gasteiger partial charge in [0.15, 0.2) is 0 Å². The first kappa shape index (κ1) is 7.84. The highest BCUT2D eigenvalue weighted by atomic mass is 16.2. The molecule has 5 heteroatoms. The molecule has 0 radical (unpaired) electrons. The number of urea groups is 1. The Morgan fingerprint density at radius 1 is 1.91 bits per heavy atom. The molecule has 0 saturated carbocycles. The average molecular weight is 156 g/mol. The van der Waals surface area contributed by atoms with Crippen LogP contribution in [0.3, 0.4) is 0 Å². The minimum atomic E-state index is -0.113. The first-order valence-electron chi connectivity index (χ1n) is 3.39. The molecule has 1 aliphatic rings. The number of aliphatic imine (C=N–C) groups is 1. The highest BCUT2D eigenvalue weighted by molar-refractivity contribution is 5.92. The summed E-state index contributed by atoms with van der Waals surface area (Å²) >= 11 is 0. The molecule has 2 amide bonds. The topological polar surface area (TPSA) is 70.7 Å². The summed E-state index contributed by atoms with van der Waals surface area (Å²) < 4.78 is 0. The van der Waals surface area contributed by atoms with Crippen LogP contribution < -0.4 is 11.1 Å². The Hall–Kier alpha value is -1.26. The number of hydrogen-bond donors (Lipinski definition) is 2. The van der Waals surface area contributed by atoms with E-state index in [2.05, 4.69) is 10.3 Å². The predicted octanol–water partition coefficient (Wildman–Crippen LogP) is -1.00. The van der Waals surface area contributed by atoms with Crippen LogP contribution >= 0.6 is 0 Å². The van der Waals surface area contributed by atoms with E-state index in [0.29, 0.717) is 12.4 Å². The van der Waals surface area contributed by atoms with E-state index in [1.807, 2.05) is 0 Å². The van der Waals surface area contributed by atoms with Gasteiger partial charge in [0.25, 0.3) is 0 Å². The van der Waals surface area contributed by atoms with Gasteiger partial charge in [-0.25, -0.2) is 4.79 Å². The summed E-state index contributed by atoms with van der Waals surface area (Å²) in [6, 6.07) is -0.209. The molecule has 1 atom stereocenters. The summed E-state index contributed by atoms with van der Waals surface area (Å²) in [6.07, 6.45) is 0. The second-order valence-corrected chi connectivity index (χ2v) is 2.53. The van der Waals surface area contributed by atoms with Crippen LogP contribution in [-0.2, 0) is 0 Å². The van der Waals surface area contributed by atoms with Crippen molar-refractivity contribution in [2.24, 2.45) is 10.7 Å². The Kier molecular flexibility index (Phi) is 1.98. The summed E-state index contributed by atoms with van der Waals surface area (Å²) in [5.74, 6) is 0.475. The number of rotatable bonds is 1. The molecule has 0 spiro atoms. The molecule has 0 aliphatic carbocycles. The fourth-order valence-corrected chi connectivity index (χ4v) is 0.985. The zero-order chi connectivity index (χ0) is 8.43. The Morgan fingerprint density at radius 3 is 2.91 bits per heavy atom. The number of likely N-dealkylation sites (N-methyl/N-ethyl adjacent to an activating group) is 1. The van der Waals surface area contributed by atoms with E-state index in [1.54, 1.807) is 19.0 Å². The van der Waals surface area contributed by atoms with Gasteiger partial charge in [-0.1, -0.05) is 0 Å².